The zero-order valence-electron chi connectivity index (χ0n) is 13.7. The lowest BCUT2D eigenvalue weighted by Gasteiger charge is -2.29. The zero-order valence-corrected chi connectivity index (χ0v) is 15.2. The SMILES string of the molecule is O=S(=O)(c1ccc(F)cc1)c1[nH]nc2c(N3CCNCC3)cc(Cl)cc12. The molecular formula is C17H16ClFN4O2S. The minimum Gasteiger partial charge on any atom is -0.367 e. The van der Waals surface area contributed by atoms with E-state index in [2.05, 4.69) is 20.4 Å². The molecule has 2 heterocycles. The van der Waals surface area contributed by atoms with Gasteiger partial charge in [-0.15, -0.1) is 0 Å². The van der Waals surface area contributed by atoms with Crippen LogP contribution < -0.4 is 10.2 Å². The summed E-state index contributed by atoms with van der Waals surface area (Å²) in [5, 5.41) is 11.0. The number of fused-ring (bicyclic) bond motifs is 1. The third-order valence-corrected chi connectivity index (χ3v) is 6.38. The molecule has 1 aliphatic heterocycles. The van der Waals surface area contributed by atoms with Crippen LogP contribution in [0.3, 0.4) is 0 Å². The monoisotopic (exact) mass is 394 g/mol. The molecule has 0 aliphatic carbocycles. The summed E-state index contributed by atoms with van der Waals surface area (Å²) >= 11 is 6.26. The number of nitrogens with one attached hydrogen (secondary N) is 2. The van der Waals surface area contributed by atoms with Crippen LogP contribution in [-0.2, 0) is 9.84 Å². The Labute approximate surface area is 154 Å². The summed E-state index contributed by atoms with van der Waals surface area (Å²) < 4.78 is 39.1. The maximum atomic E-state index is 13.1. The first-order valence-corrected chi connectivity index (χ1v) is 9.97. The molecule has 26 heavy (non-hydrogen) atoms. The van der Waals surface area contributed by atoms with Crippen molar-refractivity contribution in [3.05, 3.63) is 47.2 Å². The lowest BCUT2D eigenvalue weighted by Crippen LogP contribution is -2.43. The number of sulfone groups is 1. The number of aromatic nitrogens is 2. The molecule has 0 spiro atoms. The number of H-pyrrole nitrogens is 1. The zero-order chi connectivity index (χ0) is 18.3. The average Bonchev–Trinajstić information content (AvgIpc) is 3.06. The summed E-state index contributed by atoms with van der Waals surface area (Å²) in [5.74, 6) is -0.498. The standard InChI is InChI=1S/C17H16ClFN4O2S/c18-11-9-14-16(15(10-11)23-7-5-20-6-8-23)21-22-17(14)26(24,25)13-3-1-12(19)2-4-13/h1-4,9-10,20H,5-8H2,(H,21,22). The number of anilines is 1. The Balaban J connectivity index is 1.87. The predicted molar refractivity (Wildman–Crippen MR) is 98.0 cm³/mol. The lowest BCUT2D eigenvalue weighted by atomic mass is 10.2. The Hall–Kier alpha value is -2.16. The molecular weight excluding hydrogens is 379 g/mol. The quantitative estimate of drug-likeness (QED) is 0.668. The Morgan fingerprint density at radius 1 is 1.12 bits per heavy atom. The highest BCUT2D eigenvalue weighted by molar-refractivity contribution is 7.91. The van der Waals surface area contributed by atoms with Gasteiger partial charge in [0.15, 0.2) is 5.03 Å². The molecule has 136 valence electrons. The van der Waals surface area contributed by atoms with Crippen molar-refractivity contribution >= 4 is 38.0 Å². The maximum Gasteiger partial charge on any atom is 0.223 e. The number of hydrogen-bond donors (Lipinski definition) is 2. The van der Waals surface area contributed by atoms with Crippen molar-refractivity contribution in [2.45, 2.75) is 9.92 Å². The first-order valence-electron chi connectivity index (χ1n) is 8.11. The Kier molecular flexibility index (Phi) is 4.34. The number of benzene rings is 2. The van der Waals surface area contributed by atoms with Crippen LogP contribution in [0.25, 0.3) is 10.9 Å². The predicted octanol–water partition coefficient (Wildman–Crippen LogP) is 2.60. The minimum absolute atomic E-state index is 0.00634. The highest BCUT2D eigenvalue weighted by Gasteiger charge is 2.26. The summed E-state index contributed by atoms with van der Waals surface area (Å²) in [6.45, 7) is 3.23. The van der Waals surface area contributed by atoms with Gasteiger partial charge in [0.2, 0.25) is 9.84 Å². The minimum atomic E-state index is -3.88. The molecule has 0 unspecified atom stereocenters. The fraction of sp³-hybridized carbons (Fsp3) is 0.235. The van der Waals surface area contributed by atoms with Gasteiger partial charge in [-0.2, -0.15) is 5.10 Å². The topological polar surface area (TPSA) is 78.1 Å². The van der Waals surface area contributed by atoms with Gasteiger partial charge in [-0.05, 0) is 36.4 Å². The molecule has 6 nitrogen and oxygen atoms in total. The van der Waals surface area contributed by atoms with Crippen molar-refractivity contribution in [1.82, 2.24) is 15.5 Å². The maximum absolute atomic E-state index is 13.1. The van der Waals surface area contributed by atoms with Gasteiger partial charge in [0.05, 0.1) is 10.6 Å². The third kappa shape index (κ3) is 2.94. The van der Waals surface area contributed by atoms with Crippen LogP contribution in [-0.4, -0.2) is 44.8 Å². The van der Waals surface area contributed by atoms with Crippen molar-refractivity contribution in [1.29, 1.82) is 0 Å². The molecule has 0 saturated carbocycles. The van der Waals surface area contributed by atoms with Crippen molar-refractivity contribution < 1.29 is 12.8 Å². The van der Waals surface area contributed by atoms with Crippen LogP contribution in [0.2, 0.25) is 5.02 Å². The molecule has 0 amide bonds. The molecule has 1 aliphatic rings. The number of aromatic amines is 1. The van der Waals surface area contributed by atoms with E-state index in [0.717, 1.165) is 44.0 Å². The van der Waals surface area contributed by atoms with E-state index >= 15 is 0 Å². The molecule has 2 aromatic carbocycles. The Morgan fingerprint density at radius 2 is 1.81 bits per heavy atom. The molecule has 2 N–H and O–H groups in total. The van der Waals surface area contributed by atoms with Crippen LogP contribution in [0.5, 0.6) is 0 Å². The second-order valence-electron chi connectivity index (χ2n) is 6.07. The van der Waals surface area contributed by atoms with Crippen LogP contribution >= 0.6 is 11.6 Å². The Bertz CT molecular complexity index is 1060. The van der Waals surface area contributed by atoms with Gasteiger partial charge in [-0.25, -0.2) is 12.8 Å². The van der Waals surface area contributed by atoms with Crippen LogP contribution in [0.4, 0.5) is 10.1 Å². The van der Waals surface area contributed by atoms with Crippen LogP contribution in [0.15, 0.2) is 46.3 Å². The van der Waals surface area contributed by atoms with E-state index in [4.69, 9.17) is 11.6 Å². The number of nitrogens with zero attached hydrogens (tertiary/aromatic N) is 2. The van der Waals surface area contributed by atoms with Gasteiger partial charge in [-0.1, -0.05) is 11.6 Å². The first-order chi connectivity index (χ1) is 12.5. The smallest absolute Gasteiger partial charge is 0.223 e. The normalized spacial score (nSPS) is 15.5. The van der Waals surface area contributed by atoms with Gasteiger partial charge in [-0.3, -0.25) is 5.10 Å². The molecule has 0 bridgehead atoms. The fourth-order valence-corrected chi connectivity index (χ4v) is 4.68. The van der Waals surface area contributed by atoms with Crippen LogP contribution in [0.1, 0.15) is 0 Å². The molecule has 1 aromatic heterocycles. The average molecular weight is 395 g/mol. The van der Waals surface area contributed by atoms with E-state index in [1.165, 1.54) is 12.1 Å². The second kappa shape index (κ2) is 6.53. The first kappa shape index (κ1) is 17.3. The lowest BCUT2D eigenvalue weighted by molar-refractivity contribution is 0.590. The van der Waals surface area contributed by atoms with E-state index in [9.17, 15) is 12.8 Å². The summed E-state index contributed by atoms with van der Waals surface area (Å²) in [4.78, 5) is 2.12. The second-order valence-corrected chi connectivity index (χ2v) is 8.39. The van der Waals surface area contributed by atoms with Crippen LogP contribution in [0, 0.1) is 5.82 Å². The number of piperazine rings is 1. The molecule has 4 rings (SSSR count). The van der Waals surface area contributed by atoms with Crippen molar-refractivity contribution in [2.75, 3.05) is 31.1 Å². The van der Waals surface area contributed by atoms with E-state index < -0.39 is 15.7 Å². The van der Waals surface area contributed by atoms with Gasteiger partial charge >= 0.3 is 0 Å². The molecule has 1 fully saturated rings. The largest absolute Gasteiger partial charge is 0.367 e. The Morgan fingerprint density at radius 3 is 2.50 bits per heavy atom. The van der Waals surface area contributed by atoms with E-state index in [1.54, 1.807) is 12.1 Å². The van der Waals surface area contributed by atoms with Crippen molar-refractivity contribution in [3.8, 4) is 0 Å². The number of hydrogen-bond acceptors (Lipinski definition) is 5. The van der Waals surface area contributed by atoms with Gasteiger partial charge in [0.25, 0.3) is 0 Å². The van der Waals surface area contributed by atoms with E-state index in [0.29, 0.717) is 15.9 Å². The molecule has 3 aromatic rings. The molecule has 1 saturated heterocycles. The third-order valence-electron chi connectivity index (χ3n) is 4.42. The van der Waals surface area contributed by atoms with E-state index in [1.807, 2.05) is 0 Å². The fourth-order valence-electron chi connectivity index (χ4n) is 3.13. The summed E-state index contributed by atoms with van der Waals surface area (Å²) in [6.07, 6.45) is 0. The summed E-state index contributed by atoms with van der Waals surface area (Å²) in [7, 11) is -3.88. The van der Waals surface area contributed by atoms with E-state index in [-0.39, 0.29) is 9.92 Å². The van der Waals surface area contributed by atoms with Gasteiger partial charge < -0.3 is 10.2 Å². The molecule has 0 atom stereocenters. The highest BCUT2D eigenvalue weighted by Crippen LogP contribution is 2.34. The highest BCUT2D eigenvalue weighted by atomic mass is 35.5. The summed E-state index contributed by atoms with van der Waals surface area (Å²) in [6, 6.07) is 8.08. The van der Waals surface area contributed by atoms with Crippen molar-refractivity contribution in [3.63, 3.8) is 0 Å². The van der Waals surface area contributed by atoms with Gasteiger partial charge in [0.1, 0.15) is 11.3 Å². The number of halogens is 2. The summed E-state index contributed by atoms with van der Waals surface area (Å²) in [5.41, 5.74) is 1.35. The number of rotatable bonds is 3. The molecule has 9 heteroatoms. The molecule has 0 radical (unpaired) electrons. The van der Waals surface area contributed by atoms with Crippen molar-refractivity contribution in [2.24, 2.45) is 0 Å². The van der Waals surface area contributed by atoms with Gasteiger partial charge in [0, 0.05) is 36.6 Å².